The molecule has 0 aromatic carbocycles. The van der Waals surface area contributed by atoms with Gasteiger partial charge in [-0.2, -0.15) is 0 Å². The first-order valence-electron chi connectivity index (χ1n) is 7.39. The first-order chi connectivity index (χ1) is 9.09. The van der Waals surface area contributed by atoms with Crippen molar-refractivity contribution in [2.75, 3.05) is 26.2 Å². The Labute approximate surface area is 127 Å². The first-order valence-corrected chi connectivity index (χ1v) is 7.39. The molecule has 2 heterocycles. The van der Waals surface area contributed by atoms with E-state index >= 15 is 0 Å². The van der Waals surface area contributed by atoms with Gasteiger partial charge in [0.05, 0.1) is 0 Å². The smallest absolute Gasteiger partial charge is 0.244 e. The number of hydrogen-bond acceptors (Lipinski definition) is 3. The third-order valence-electron chi connectivity index (χ3n) is 4.33. The Morgan fingerprint density at radius 1 is 1.15 bits per heavy atom. The van der Waals surface area contributed by atoms with Gasteiger partial charge < -0.3 is 15.5 Å². The molecule has 20 heavy (non-hydrogen) atoms. The third kappa shape index (κ3) is 4.09. The summed E-state index contributed by atoms with van der Waals surface area (Å²) in [6.07, 6.45) is 3.36. The van der Waals surface area contributed by atoms with Crippen molar-refractivity contribution in [2.45, 2.75) is 39.2 Å². The van der Waals surface area contributed by atoms with Crippen LogP contribution in [-0.4, -0.2) is 48.9 Å². The highest BCUT2D eigenvalue weighted by molar-refractivity contribution is 5.88. The minimum atomic E-state index is -0.402. The van der Waals surface area contributed by atoms with Crippen LogP contribution < -0.4 is 10.6 Å². The Morgan fingerprint density at radius 3 is 2.25 bits per heavy atom. The van der Waals surface area contributed by atoms with Crippen LogP contribution in [0.4, 0.5) is 0 Å². The molecular formula is C14H26ClN3O2. The van der Waals surface area contributed by atoms with Gasteiger partial charge in [-0.25, -0.2) is 0 Å². The van der Waals surface area contributed by atoms with E-state index < -0.39 is 6.04 Å². The van der Waals surface area contributed by atoms with Crippen molar-refractivity contribution in [3.8, 4) is 0 Å². The van der Waals surface area contributed by atoms with E-state index in [2.05, 4.69) is 10.6 Å². The van der Waals surface area contributed by atoms with Gasteiger partial charge in [0.25, 0.3) is 0 Å². The van der Waals surface area contributed by atoms with Gasteiger partial charge in [0, 0.05) is 19.0 Å². The zero-order valence-corrected chi connectivity index (χ0v) is 13.2. The van der Waals surface area contributed by atoms with Crippen LogP contribution in [0.25, 0.3) is 0 Å². The van der Waals surface area contributed by atoms with Gasteiger partial charge in [0.1, 0.15) is 6.04 Å². The number of nitrogens with zero attached hydrogens (tertiary/aromatic N) is 1. The van der Waals surface area contributed by atoms with Crippen LogP contribution >= 0.6 is 12.4 Å². The zero-order valence-electron chi connectivity index (χ0n) is 12.4. The van der Waals surface area contributed by atoms with E-state index in [4.69, 9.17) is 0 Å². The number of nitrogens with one attached hydrogen (secondary N) is 2. The lowest BCUT2D eigenvalue weighted by Crippen LogP contribution is -2.53. The molecule has 2 saturated heterocycles. The average molecular weight is 304 g/mol. The van der Waals surface area contributed by atoms with Gasteiger partial charge in [-0.15, -0.1) is 12.4 Å². The van der Waals surface area contributed by atoms with Gasteiger partial charge >= 0.3 is 0 Å². The fourth-order valence-electron chi connectivity index (χ4n) is 2.67. The predicted molar refractivity (Wildman–Crippen MR) is 80.8 cm³/mol. The number of rotatable bonds is 4. The molecule has 0 saturated carbocycles. The van der Waals surface area contributed by atoms with Crippen molar-refractivity contribution < 1.29 is 9.59 Å². The second kappa shape index (κ2) is 7.84. The summed E-state index contributed by atoms with van der Waals surface area (Å²) in [5.41, 5.74) is 0. The maximum Gasteiger partial charge on any atom is 0.244 e. The van der Waals surface area contributed by atoms with Crippen molar-refractivity contribution in [3.05, 3.63) is 0 Å². The van der Waals surface area contributed by atoms with Crippen molar-refractivity contribution >= 4 is 24.2 Å². The Hall–Kier alpha value is -0.810. The molecule has 2 fully saturated rings. The molecule has 6 heteroatoms. The maximum atomic E-state index is 12.2. The molecule has 0 aromatic rings. The average Bonchev–Trinajstić information content (AvgIpc) is 2.36. The predicted octanol–water partition coefficient (Wildman–Crippen LogP) is 0.781. The van der Waals surface area contributed by atoms with Crippen molar-refractivity contribution in [1.82, 2.24) is 15.5 Å². The fourth-order valence-corrected chi connectivity index (χ4v) is 2.67. The Kier molecular flexibility index (Phi) is 6.76. The number of carbonyl (C=O) groups is 2. The topological polar surface area (TPSA) is 61.4 Å². The van der Waals surface area contributed by atoms with Crippen LogP contribution in [0, 0.1) is 11.8 Å². The van der Waals surface area contributed by atoms with Crippen molar-refractivity contribution in [1.29, 1.82) is 0 Å². The lowest BCUT2D eigenvalue weighted by molar-refractivity contribution is -0.138. The van der Waals surface area contributed by atoms with Crippen LogP contribution in [0.15, 0.2) is 0 Å². The van der Waals surface area contributed by atoms with E-state index in [9.17, 15) is 9.59 Å². The quantitative estimate of drug-likeness (QED) is 0.807. The van der Waals surface area contributed by atoms with E-state index in [1.165, 1.54) is 6.42 Å². The zero-order chi connectivity index (χ0) is 13.8. The van der Waals surface area contributed by atoms with E-state index in [1.54, 1.807) is 6.92 Å². The molecule has 2 unspecified atom stereocenters. The number of carbonyl (C=O) groups excluding carboxylic acids is 2. The molecule has 2 rings (SSSR count). The van der Waals surface area contributed by atoms with Crippen LogP contribution in [0.1, 0.15) is 33.1 Å². The third-order valence-corrected chi connectivity index (χ3v) is 4.33. The molecule has 116 valence electrons. The summed E-state index contributed by atoms with van der Waals surface area (Å²) in [4.78, 5) is 26.2. The molecular weight excluding hydrogens is 278 g/mol. The van der Waals surface area contributed by atoms with Crippen molar-refractivity contribution in [3.63, 3.8) is 0 Å². The number of halogens is 1. The van der Waals surface area contributed by atoms with Gasteiger partial charge in [0.15, 0.2) is 0 Å². The number of amides is 2. The lowest BCUT2D eigenvalue weighted by atomic mass is 9.88. The summed E-state index contributed by atoms with van der Waals surface area (Å²) in [7, 11) is 0. The molecule has 2 amide bonds. The molecule has 2 N–H and O–H groups in total. The highest BCUT2D eigenvalue weighted by atomic mass is 35.5. The molecule has 0 radical (unpaired) electrons. The number of piperidine rings is 1. The fraction of sp³-hybridized carbons (Fsp3) is 0.857. The molecule has 0 bridgehead atoms. The largest absolute Gasteiger partial charge is 0.344 e. The van der Waals surface area contributed by atoms with Crippen LogP contribution in [0.2, 0.25) is 0 Å². The van der Waals surface area contributed by atoms with E-state index in [0.717, 1.165) is 39.0 Å². The summed E-state index contributed by atoms with van der Waals surface area (Å²) in [5, 5.41) is 6.04. The second-order valence-corrected chi connectivity index (χ2v) is 5.82. The molecule has 2 aliphatic rings. The summed E-state index contributed by atoms with van der Waals surface area (Å²) in [6.45, 7) is 7.22. The lowest BCUT2D eigenvalue weighted by Gasteiger charge is -2.33. The van der Waals surface area contributed by atoms with Gasteiger partial charge in [-0.3, -0.25) is 9.59 Å². The molecule has 0 spiro atoms. The van der Waals surface area contributed by atoms with Gasteiger partial charge in [-0.05, 0) is 45.2 Å². The minimum Gasteiger partial charge on any atom is -0.344 e. The molecule has 0 aliphatic carbocycles. The summed E-state index contributed by atoms with van der Waals surface area (Å²) in [5.74, 6) is 0.464. The maximum absolute atomic E-state index is 12.2. The summed E-state index contributed by atoms with van der Waals surface area (Å²) >= 11 is 0. The van der Waals surface area contributed by atoms with E-state index in [0.29, 0.717) is 5.92 Å². The second-order valence-electron chi connectivity index (χ2n) is 5.82. The summed E-state index contributed by atoms with van der Waals surface area (Å²) in [6, 6.07) is -0.402. The highest BCUT2D eigenvalue weighted by Gasteiger charge is 2.31. The normalized spacial score (nSPS) is 22.2. The number of likely N-dealkylation sites (tertiary alicyclic amines) is 1. The van der Waals surface area contributed by atoms with Gasteiger partial charge in [-0.1, -0.05) is 6.92 Å². The Bertz CT molecular complexity index is 341. The molecule has 0 aromatic heterocycles. The molecule has 5 nitrogen and oxygen atoms in total. The highest BCUT2D eigenvalue weighted by Crippen LogP contribution is 2.16. The Morgan fingerprint density at radius 2 is 1.75 bits per heavy atom. The monoisotopic (exact) mass is 303 g/mol. The SMILES string of the molecule is CC(NC(=O)C(C)C1CNC1)C(=O)N1CCCCC1.Cl. The van der Waals surface area contributed by atoms with E-state index in [-0.39, 0.29) is 30.1 Å². The Balaban J connectivity index is 0.00000200. The van der Waals surface area contributed by atoms with E-state index in [1.807, 2.05) is 11.8 Å². The first kappa shape index (κ1) is 17.2. The van der Waals surface area contributed by atoms with Crippen LogP contribution in [0.3, 0.4) is 0 Å². The molecule has 2 aliphatic heterocycles. The number of hydrogen-bond donors (Lipinski definition) is 2. The summed E-state index contributed by atoms with van der Waals surface area (Å²) < 4.78 is 0. The standard InChI is InChI=1S/C14H25N3O2.ClH/c1-10(12-8-15-9-12)13(18)16-11(2)14(19)17-6-4-3-5-7-17;/h10-12,15H,3-9H2,1-2H3,(H,16,18);1H. The minimum absolute atomic E-state index is 0. The molecule has 2 atom stereocenters. The van der Waals surface area contributed by atoms with Crippen molar-refractivity contribution in [2.24, 2.45) is 11.8 Å². The van der Waals surface area contributed by atoms with Gasteiger partial charge in [0.2, 0.25) is 11.8 Å². The van der Waals surface area contributed by atoms with Crippen LogP contribution in [-0.2, 0) is 9.59 Å². The van der Waals surface area contributed by atoms with Crippen LogP contribution in [0.5, 0.6) is 0 Å².